The van der Waals surface area contributed by atoms with Crippen LogP contribution in [-0.2, 0) is 63.7 Å². The van der Waals surface area contributed by atoms with E-state index in [2.05, 4.69) is 38.1 Å². The summed E-state index contributed by atoms with van der Waals surface area (Å²) in [7, 11) is 0. The van der Waals surface area contributed by atoms with E-state index in [0.29, 0.717) is 110 Å². The number of amides is 5. The molecule has 0 spiro atoms. The average Bonchev–Trinajstić information content (AvgIpc) is 3.90. The molecule has 0 radical (unpaired) electrons. The van der Waals surface area contributed by atoms with Crippen molar-refractivity contribution in [2.24, 2.45) is 5.92 Å². The van der Waals surface area contributed by atoms with Gasteiger partial charge in [0.15, 0.2) is 5.75 Å². The fourth-order valence-corrected chi connectivity index (χ4v) is 7.96. The van der Waals surface area contributed by atoms with Gasteiger partial charge in [-0.1, -0.05) is 42.5 Å². The number of anilines is 1. The predicted octanol–water partition coefficient (Wildman–Crippen LogP) is 2.92. The van der Waals surface area contributed by atoms with E-state index in [9.17, 15) is 28.4 Å². The molecule has 1 fully saturated rings. The van der Waals surface area contributed by atoms with E-state index in [4.69, 9.17) is 37.9 Å². The van der Waals surface area contributed by atoms with Crippen LogP contribution >= 0.6 is 0 Å². The molecule has 392 valence electrons. The molecule has 6 rings (SSSR count). The SMILES string of the molecule is CC1CC(=O)N(CCC(=O)NCCOCCOCCOCCOCCC(=O)NCCC(=O)N2CC3=C(CCC=C3)c3c(nnn3CCOCCOCCOCCOc3cccnc3[18F])-c3ccccc32)C1=O. The van der Waals surface area contributed by atoms with Crippen LogP contribution < -0.4 is 20.3 Å². The number of para-hydroxylation sites is 1. The lowest BCUT2D eigenvalue weighted by molar-refractivity contribution is -0.139. The van der Waals surface area contributed by atoms with Gasteiger partial charge in [-0.2, -0.15) is 4.39 Å². The van der Waals surface area contributed by atoms with Crippen molar-refractivity contribution in [1.29, 1.82) is 0 Å². The number of hydrogen-bond donors (Lipinski definition) is 2. The second-order valence-corrected chi connectivity index (χ2v) is 16.8. The molecule has 1 aromatic carbocycles. The zero-order valence-corrected chi connectivity index (χ0v) is 41.0. The van der Waals surface area contributed by atoms with Crippen molar-refractivity contribution in [2.45, 2.75) is 52.0 Å². The van der Waals surface area contributed by atoms with Crippen molar-refractivity contribution >= 4 is 40.8 Å². The van der Waals surface area contributed by atoms with Crippen molar-refractivity contribution in [1.82, 2.24) is 35.5 Å². The molecule has 1 unspecified atom stereocenters. The zero-order valence-electron chi connectivity index (χ0n) is 41.0. The van der Waals surface area contributed by atoms with Crippen molar-refractivity contribution in [3.05, 3.63) is 72.0 Å². The summed E-state index contributed by atoms with van der Waals surface area (Å²) >= 11 is 0. The Labute approximate surface area is 418 Å². The number of ether oxygens (including phenoxy) is 8. The summed E-state index contributed by atoms with van der Waals surface area (Å²) in [6.45, 7) is 8.02. The molecule has 1 aliphatic carbocycles. The summed E-state index contributed by atoms with van der Waals surface area (Å²) in [4.78, 5) is 68.8. The Balaban J connectivity index is 0.800. The molecule has 3 aliphatic rings. The Bertz CT molecular complexity index is 2290. The Morgan fingerprint density at radius 1 is 0.722 bits per heavy atom. The van der Waals surface area contributed by atoms with Gasteiger partial charge in [-0.25, -0.2) is 9.67 Å². The van der Waals surface area contributed by atoms with Gasteiger partial charge >= 0.3 is 0 Å². The Morgan fingerprint density at radius 3 is 2.06 bits per heavy atom. The highest BCUT2D eigenvalue weighted by atomic mass is 18.2. The summed E-state index contributed by atoms with van der Waals surface area (Å²) < 4.78 is 59.8. The van der Waals surface area contributed by atoms with Gasteiger partial charge in [0.05, 0.1) is 117 Å². The topological polar surface area (TPSA) is 233 Å². The van der Waals surface area contributed by atoms with Crippen molar-refractivity contribution < 1.29 is 66.3 Å². The molecule has 3 aromatic rings. The fourth-order valence-electron chi connectivity index (χ4n) is 7.96. The first-order chi connectivity index (χ1) is 35.2. The maximum atomic E-state index is 13.9. The largest absolute Gasteiger partial charge is 0.486 e. The number of pyridine rings is 1. The minimum atomic E-state index is -0.656. The molecule has 1 atom stereocenters. The number of halogens is 1. The lowest BCUT2D eigenvalue weighted by atomic mass is 9.89. The standard InChI is InChI=1S/C50H67FN8O13/c1-37-35-46(63)57(50(37)64)18-13-43(60)53-17-21-66-24-27-69-30-29-68-26-23-65-20-14-44(61)52-16-12-45(62)58-36-38-7-2-3-8-39(38)48-47(40-9-4-5-10-41(40)58)55-56-59(48)19-22-67-25-28-70-31-32-71-33-34-72-42-11-6-15-54-49(42)51/h2,4-7,9-11,15,37H,3,8,12-14,16-36H2,1H3,(H,52,61)(H,53,60)/i51-1. The van der Waals surface area contributed by atoms with E-state index in [1.165, 1.54) is 12.3 Å². The molecule has 4 heterocycles. The van der Waals surface area contributed by atoms with Gasteiger partial charge in [0.2, 0.25) is 29.5 Å². The van der Waals surface area contributed by atoms with E-state index in [1.807, 2.05) is 28.9 Å². The first-order valence-electron chi connectivity index (χ1n) is 24.6. The molecule has 21 nitrogen and oxygen atoms in total. The van der Waals surface area contributed by atoms with E-state index in [0.717, 1.165) is 40.1 Å². The van der Waals surface area contributed by atoms with Crippen LogP contribution in [-0.4, -0.2) is 180 Å². The molecule has 2 N–H and O–H groups in total. The van der Waals surface area contributed by atoms with Crippen LogP contribution in [0.2, 0.25) is 0 Å². The summed E-state index contributed by atoms with van der Waals surface area (Å²) in [6, 6.07) is 10.8. The van der Waals surface area contributed by atoms with Crippen LogP contribution in [0, 0.1) is 11.9 Å². The first-order valence-corrected chi connectivity index (χ1v) is 24.6. The number of aromatic nitrogens is 4. The van der Waals surface area contributed by atoms with Gasteiger partial charge in [-0.05, 0) is 42.2 Å². The number of carbonyl (C=O) groups is 5. The van der Waals surface area contributed by atoms with Crippen LogP contribution in [0.25, 0.3) is 16.8 Å². The summed E-state index contributed by atoms with van der Waals surface area (Å²) in [5.41, 5.74) is 5.20. The molecule has 2 aliphatic heterocycles. The molecule has 2 aromatic heterocycles. The van der Waals surface area contributed by atoms with Gasteiger partial charge < -0.3 is 53.4 Å². The predicted molar refractivity (Wildman–Crippen MR) is 259 cm³/mol. The lowest BCUT2D eigenvalue weighted by Crippen LogP contribution is -2.37. The van der Waals surface area contributed by atoms with E-state index >= 15 is 0 Å². The number of nitrogens with zero attached hydrogens (tertiary/aromatic N) is 6. The summed E-state index contributed by atoms with van der Waals surface area (Å²) in [6.07, 6.45) is 7.64. The van der Waals surface area contributed by atoms with Crippen LogP contribution in [0.1, 0.15) is 51.1 Å². The quantitative estimate of drug-likeness (QED) is 0.0498. The normalized spacial score (nSPS) is 15.3. The first kappa shape index (κ1) is 55.3. The van der Waals surface area contributed by atoms with E-state index in [-0.39, 0.29) is 99.8 Å². The number of hydrogen-bond acceptors (Lipinski definition) is 16. The number of imide groups is 1. The van der Waals surface area contributed by atoms with Crippen molar-refractivity contribution in [3.63, 3.8) is 0 Å². The third-order valence-corrected chi connectivity index (χ3v) is 11.6. The molecule has 0 bridgehead atoms. The smallest absolute Gasteiger partial charge is 0.255 e. The maximum Gasteiger partial charge on any atom is 0.255 e. The van der Waals surface area contributed by atoms with Crippen LogP contribution in [0.3, 0.4) is 0 Å². The average molecular weight is 1010 g/mol. The minimum Gasteiger partial charge on any atom is -0.486 e. The monoisotopic (exact) mass is 1010 g/mol. The third-order valence-electron chi connectivity index (χ3n) is 11.6. The molecular weight excluding hydrogens is 939 g/mol. The van der Waals surface area contributed by atoms with Gasteiger partial charge in [0.1, 0.15) is 12.3 Å². The minimum absolute atomic E-state index is 0.0569. The summed E-state index contributed by atoms with van der Waals surface area (Å²) in [5, 5.41) is 14.7. The molecule has 22 heteroatoms. The van der Waals surface area contributed by atoms with Gasteiger partial charge in [-0.3, -0.25) is 28.9 Å². The molecule has 5 amide bonds. The third kappa shape index (κ3) is 17.6. The second-order valence-electron chi connectivity index (χ2n) is 16.8. The lowest BCUT2D eigenvalue weighted by Gasteiger charge is -2.30. The fraction of sp³-hybridized carbons (Fsp3) is 0.560. The Morgan fingerprint density at radius 2 is 1.36 bits per heavy atom. The van der Waals surface area contributed by atoms with Crippen molar-refractivity contribution in [3.8, 4) is 17.0 Å². The number of carbonyl (C=O) groups excluding carboxylic acids is 5. The van der Waals surface area contributed by atoms with Crippen LogP contribution in [0.5, 0.6) is 5.75 Å². The number of allylic oxidation sites excluding steroid dienone is 2. The molecular formula is C50H67FN8O13. The highest BCUT2D eigenvalue weighted by molar-refractivity contribution is 6.03. The molecule has 0 saturated carbocycles. The molecule has 1 saturated heterocycles. The Kier molecular flexibility index (Phi) is 23.6. The van der Waals surface area contributed by atoms with Gasteiger partial charge in [0.25, 0.3) is 5.95 Å². The van der Waals surface area contributed by atoms with E-state index in [1.54, 1.807) is 17.9 Å². The van der Waals surface area contributed by atoms with Crippen LogP contribution in [0.4, 0.5) is 10.1 Å². The number of nitrogens with one attached hydrogen (secondary N) is 2. The highest BCUT2D eigenvalue weighted by Crippen LogP contribution is 2.41. The van der Waals surface area contributed by atoms with Gasteiger partial charge in [-0.15, -0.1) is 5.10 Å². The number of rotatable bonds is 34. The number of likely N-dealkylation sites (tertiary alicyclic amines) is 1. The second kappa shape index (κ2) is 30.8. The zero-order chi connectivity index (χ0) is 50.8. The molecule has 72 heavy (non-hydrogen) atoms. The maximum absolute atomic E-state index is 13.9. The number of fused-ring (bicyclic) bond motifs is 4. The van der Waals surface area contributed by atoms with Crippen LogP contribution in [0.15, 0.2) is 60.3 Å². The van der Waals surface area contributed by atoms with E-state index < -0.39 is 5.95 Å². The number of benzene rings is 1. The van der Waals surface area contributed by atoms with Crippen molar-refractivity contribution in [2.75, 3.05) is 130 Å². The Hall–Kier alpha value is -6.01. The summed E-state index contributed by atoms with van der Waals surface area (Å²) in [5.74, 6) is -1.97. The highest BCUT2D eigenvalue weighted by Gasteiger charge is 2.35. The van der Waals surface area contributed by atoms with Gasteiger partial charge in [0, 0.05) is 63.0 Å².